The lowest BCUT2D eigenvalue weighted by Gasteiger charge is -2.19. The number of para-hydroxylation sites is 1. The van der Waals surface area contributed by atoms with E-state index in [-0.39, 0.29) is 23.0 Å². The molecule has 0 saturated carbocycles. The summed E-state index contributed by atoms with van der Waals surface area (Å²) in [7, 11) is 0. The second kappa shape index (κ2) is 5.84. The molecule has 1 fully saturated rings. The summed E-state index contributed by atoms with van der Waals surface area (Å²) < 4.78 is 0. The number of rotatable bonds is 5. The minimum Gasteiger partial charge on any atom is -0.478 e. The van der Waals surface area contributed by atoms with Gasteiger partial charge >= 0.3 is 5.97 Å². The summed E-state index contributed by atoms with van der Waals surface area (Å²) in [6.07, 6.45) is 0.939. The number of hydrogen-bond acceptors (Lipinski definition) is 6. The van der Waals surface area contributed by atoms with E-state index >= 15 is 0 Å². The molecule has 3 N–H and O–H groups in total. The highest BCUT2D eigenvalue weighted by Gasteiger charge is 2.26. The molecule has 2 aromatic rings. The molecule has 0 aromatic heterocycles. The first-order valence-electron chi connectivity index (χ1n) is 6.85. The lowest BCUT2D eigenvalue weighted by molar-refractivity contribution is 0.0698. The van der Waals surface area contributed by atoms with E-state index in [9.17, 15) is 14.4 Å². The van der Waals surface area contributed by atoms with Crippen LogP contribution >= 0.6 is 11.8 Å². The minimum atomic E-state index is -1.09. The van der Waals surface area contributed by atoms with Crippen molar-refractivity contribution in [3.05, 3.63) is 50.3 Å². The Hall–Kier alpha value is -2.28. The molecule has 22 heavy (non-hydrogen) atoms. The molecule has 2 aromatic carbocycles. The molecule has 1 aliphatic heterocycles. The van der Waals surface area contributed by atoms with Gasteiger partial charge in [-0.05, 0) is 24.3 Å². The van der Waals surface area contributed by atoms with Gasteiger partial charge in [0.05, 0.1) is 11.3 Å². The lowest BCUT2D eigenvalue weighted by atomic mass is 10.1. The van der Waals surface area contributed by atoms with Crippen molar-refractivity contribution in [3.8, 4) is 0 Å². The SMILES string of the molecule is O=C(O)c1ccccc1Nc1c(N[C@H]2CCSC2)c(=O)c1=O. The van der Waals surface area contributed by atoms with Crippen molar-refractivity contribution in [2.75, 3.05) is 22.1 Å². The zero-order valence-corrected chi connectivity index (χ0v) is 12.4. The van der Waals surface area contributed by atoms with Gasteiger partial charge in [0.1, 0.15) is 11.4 Å². The smallest absolute Gasteiger partial charge is 0.337 e. The van der Waals surface area contributed by atoms with E-state index in [0.717, 1.165) is 17.9 Å². The minimum absolute atomic E-state index is 0.0536. The predicted octanol–water partition coefficient (Wildman–Crippen LogP) is 1.64. The number of aromatic carboxylic acids is 1. The van der Waals surface area contributed by atoms with Gasteiger partial charge < -0.3 is 15.7 Å². The molecule has 1 atom stereocenters. The summed E-state index contributed by atoms with van der Waals surface area (Å²) in [5.41, 5.74) is -0.405. The first kappa shape index (κ1) is 14.6. The Balaban J connectivity index is 1.87. The number of hydrogen-bond donors (Lipinski definition) is 3. The fourth-order valence-electron chi connectivity index (χ4n) is 2.41. The summed E-state index contributed by atoms with van der Waals surface area (Å²) in [6.45, 7) is 0. The van der Waals surface area contributed by atoms with Crippen molar-refractivity contribution in [1.29, 1.82) is 0 Å². The van der Waals surface area contributed by atoms with Gasteiger partial charge in [-0.2, -0.15) is 11.8 Å². The van der Waals surface area contributed by atoms with Crippen LogP contribution in [0.5, 0.6) is 0 Å². The number of carboxylic acids is 1. The average Bonchev–Trinajstić information content (AvgIpc) is 3.03. The van der Waals surface area contributed by atoms with Crippen molar-refractivity contribution in [2.24, 2.45) is 0 Å². The van der Waals surface area contributed by atoms with Crippen LogP contribution in [0.3, 0.4) is 0 Å². The Morgan fingerprint density at radius 2 is 1.91 bits per heavy atom. The predicted molar refractivity (Wildman–Crippen MR) is 87.4 cm³/mol. The fourth-order valence-corrected chi connectivity index (χ4v) is 3.57. The first-order valence-corrected chi connectivity index (χ1v) is 8.00. The van der Waals surface area contributed by atoms with Gasteiger partial charge in [-0.15, -0.1) is 0 Å². The lowest BCUT2D eigenvalue weighted by Crippen LogP contribution is -2.39. The standard InChI is InChI=1S/C15H14N2O4S/c18-13-11(16-8-5-6-22-7-8)12(14(13)19)17-10-4-2-1-3-9(10)15(20)21/h1-4,8,16-17H,5-7H2,(H,20,21)/t8-/m0/s1. The normalized spacial score (nSPS) is 17.5. The second-order valence-electron chi connectivity index (χ2n) is 5.09. The van der Waals surface area contributed by atoms with Crippen LogP contribution in [-0.2, 0) is 0 Å². The molecule has 0 bridgehead atoms. The topological polar surface area (TPSA) is 95.5 Å². The molecule has 0 spiro atoms. The molecule has 0 amide bonds. The molecule has 1 aliphatic rings. The maximum Gasteiger partial charge on any atom is 0.337 e. The number of thioether (sulfide) groups is 1. The van der Waals surface area contributed by atoms with Crippen molar-refractivity contribution in [3.63, 3.8) is 0 Å². The van der Waals surface area contributed by atoms with Gasteiger partial charge in [-0.3, -0.25) is 9.59 Å². The number of carbonyl (C=O) groups is 1. The van der Waals surface area contributed by atoms with E-state index < -0.39 is 16.8 Å². The van der Waals surface area contributed by atoms with Crippen LogP contribution in [0.4, 0.5) is 17.1 Å². The molecule has 0 unspecified atom stereocenters. The molecule has 1 heterocycles. The summed E-state index contributed by atoms with van der Waals surface area (Å²) >= 11 is 1.79. The molecule has 6 nitrogen and oxygen atoms in total. The Bertz CT molecular complexity index is 789. The average molecular weight is 318 g/mol. The molecule has 114 valence electrons. The van der Waals surface area contributed by atoms with Crippen LogP contribution in [0, 0.1) is 0 Å². The number of carboxylic acid groups (broad SMARTS) is 1. The molecular weight excluding hydrogens is 304 g/mol. The van der Waals surface area contributed by atoms with E-state index in [0.29, 0.717) is 5.69 Å². The quantitative estimate of drug-likeness (QED) is 0.721. The van der Waals surface area contributed by atoms with Crippen molar-refractivity contribution < 1.29 is 9.90 Å². The molecular formula is C15H14N2O4S. The molecule has 0 radical (unpaired) electrons. The Morgan fingerprint density at radius 3 is 2.59 bits per heavy atom. The van der Waals surface area contributed by atoms with Crippen LogP contribution in [0.1, 0.15) is 16.8 Å². The van der Waals surface area contributed by atoms with E-state index in [4.69, 9.17) is 5.11 Å². The van der Waals surface area contributed by atoms with Gasteiger partial charge in [0.2, 0.25) is 0 Å². The van der Waals surface area contributed by atoms with E-state index in [1.807, 2.05) is 0 Å². The van der Waals surface area contributed by atoms with Gasteiger partial charge in [0.15, 0.2) is 0 Å². The zero-order valence-electron chi connectivity index (χ0n) is 11.6. The van der Waals surface area contributed by atoms with E-state index in [1.165, 1.54) is 6.07 Å². The van der Waals surface area contributed by atoms with Crippen molar-refractivity contribution in [2.45, 2.75) is 12.5 Å². The highest BCUT2D eigenvalue weighted by Crippen LogP contribution is 2.27. The largest absolute Gasteiger partial charge is 0.478 e. The second-order valence-corrected chi connectivity index (χ2v) is 6.24. The highest BCUT2D eigenvalue weighted by molar-refractivity contribution is 7.99. The van der Waals surface area contributed by atoms with Crippen molar-refractivity contribution >= 4 is 34.8 Å². The fraction of sp³-hybridized carbons (Fsp3) is 0.267. The Morgan fingerprint density at radius 1 is 1.18 bits per heavy atom. The number of anilines is 3. The van der Waals surface area contributed by atoms with Crippen LogP contribution in [-0.4, -0.2) is 28.6 Å². The van der Waals surface area contributed by atoms with Crippen LogP contribution in [0.15, 0.2) is 33.9 Å². The zero-order chi connectivity index (χ0) is 15.7. The summed E-state index contributed by atoms with van der Waals surface area (Å²) in [5, 5.41) is 15.0. The van der Waals surface area contributed by atoms with Crippen LogP contribution < -0.4 is 21.5 Å². The van der Waals surface area contributed by atoms with Gasteiger partial charge in [0, 0.05) is 11.8 Å². The van der Waals surface area contributed by atoms with Crippen LogP contribution in [0.2, 0.25) is 0 Å². The van der Waals surface area contributed by atoms with E-state index in [2.05, 4.69) is 10.6 Å². The maximum absolute atomic E-state index is 11.8. The third-order valence-corrected chi connectivity index (χ3v) is 4.77. The molecule has 0 aliphatic carbocycles. The summed E-state index contributed by atoms with van der Waals surface area (Å²) in [6, 6.07) is 6.45. The third-order valence-electron chi connectivity index (χ3n) is 3.61. The summed E-state index contributed by atoms with van der Waals surface area (Å²) in [5.74, 6) is 0.824. The van der Waals surface area contributed by atoms with Gasteiger partial charge in [0.25, 0.3) is 10.9 Å². The number of benzene rings is 1. The van der Waals surface area contributed by atoms with Crippen molar-refractivity contribution in [1.82, 2.24) is 0 Å². The summed E-state index contributed by atoms with van der Waals surface area (Å²) in [4.78, 5) is 34.7. The van der Waals surface area contributed by atoms with Crippen LogP contribution in [0.25, 0.3) is 0 Å². The molecule has 1 saturated heterocycles. The van der Waals surface area contributed by atoms with Gasteiger partial charge in [-0.1, -0.05) is 12.1 Å². The molecule has 3 rings (SSSR count). The first-order chi connectivity index (χ1) is 10.6. The third kappa shape index (κ3) is 2.59. The number of nitrogens with one attached hydrogen (secondary N) is 2. The maximum atomic E-state index is 11.8. The van der Waals surface area contributed by atoms with Gasteiger partial charge in [-0.25, -0.2) is 4.79 Å². The highest BCUT2D eigenvalue weighted by atomic mass is 32.2. The Labute approximate surface area is 130 Å². The molecule has 7 heteroatoms. The Kier molecular flexibility index (Phi) is 3.89. The monoisotopic (exact) mass is 318 g/mol. The van der Waals surface area contributed by atoms with E-state index in [1.54, 1.807) is 30.0 Å².